The lowest BCUT2D eigenvalue weighted by molar-refractivity contribution is 0.189. The third kappa shape index (κ3) is 2.15. The van der Waals surface area contributed by atoms with Crippen molar-refractivity contribution in [1.29, 1.82) is 0 Å². The third-order valence-electron chi connectivity index (χ3n) is 3.24. The lowest BCUT2D eigenvalue weighted by Crippen LogP contribution is -2.22. The van der Waals surface area contributed by atoms with Crippen LogP contribution in [0.15, 0.2) is 15.0 Å². The van der Waals surface area contributed by atoms with Gasteiger partial charge in [0.25, 0.3) is 0 Å². The highest BCUT2D eigenvalue weighted by molar-refractivity contribution is 5.09. The fourth-order valence-corrected chi connectivity index (χ4v) is 2.45. The van der Waals surface area contributed by atoms with Gasteiger partial charge in [-0.15, -0.1) is 10.2 Å². The summed E-state index contributed by atoms with van der Waals surface area (Å²) in [6.07, 6.45) is 2.24. The largest absolute Gasteiger partial charge is 0.424 e. The maximum absolute atomic E-state index is 5.42. The Labute approximate surface area is 105 Å². The first-order valence-electron chi connectivity index (χ1n) is 6.18. The molecule has 0 radical (unpaired) electrons. The van der Waals surface area contributed by atoms with E-state index in [2.05, 4.69) is 20.3 Å². The van der Waals surface area contributed by atoms with E-state index in [9.17, 15) is 0 Å². The first-order valence-corrected chi connectivity index (χ1v) is 6.18. The normalized spacial score (nSPS) is 20.7. The number of nitrogens with zero attached hydrogens (tertiary/aromatic N) is 4. The second-order valence-electron chi connectivity index (χ2n) is 4.71. The zero-order valence-electron chi connectivity index (χ0n) is 10.6. The second-order valence-corrected chi connectivity index (χ2v) is 4.71. The summed E-state index contributed by atoms with van der Waals surface area (Å²) in [6, 6.07) is 2.28. The summed E-state index contributed by atoms with van der Waals surface area (Å²) in [5.74, 6) is 2.20. The van der Waals surface area contributed by atoms with Gasteiger partial charge in [0, 0.05) is 13.0 Å². The molecule has 6 heteroatoms. The van der Waals surface area contributed by atoms with Crippen LogP contribution in [0.3, 0.4) is 0 Å². The molecular weight excluding hydrogens is 232 g/mol. The number of hydrogen-bond donors (Lipinski definition) is 0. The van der Waals surface area contributed by atoms with Crippen LogP contribution in [0.5, 0.6) is 0 Å². The van der Waals surface area contributed by atoms with E-state index in [1.54, 1.807) is 6.92 Å². The van der Waals surface area contributed by atoms with Crippen molar-refractivity contribution in [2.75, 3.05) is 6.54 Å². The molecule has 18 heavy (non-hydrogen) atoms. The van der Waals surface area contributed by atoms with E-state index in [1.807, 2.05) is 13.0 Å². The van der Waals surface area contributed by atoms with E-state index < -0.39 is 0 Å². The molecule has 2 aromatic rings. The van der Waals surface area contributed by atoms with E-state index in [1.165, 1.54) is 0 Å². The minimum atomic E-state index is 0.276. The molecule has 0 bridgehead atoms. The highest BCUT2D eigenvalue weighted by Crippen LogP contribution is 2.33. The molecule has 0 amide bonds. The fourth-order valence-electron chi connectivity index (χ4n) is 2.45. The Hall–Kier alpha value is -1.69. The van der Waals surface area contributed by atoms with Crippen LogP contribution in [0.4, 0.5) is 0 Å². The summed E-state index contributed by atoms with van der Waals surface area (Å²) in [5.41, 5.74) is 0.922. The molecular formula is C12H16N4O2. The maximum atomic E-state index is 5.42. The standard InChI is InChI=1S/C12H16N4O2/c1-8-6-11(18-15-8)10-4-3-5-16(10)7-12-14-13-9(2)17-12/h6,10H,3-5,7H2,1-2H3/t10-/m0/s1. The summed E-state index contributed by atoms with van der Waals surface area (Å²) in [4.78, 5) is 2.30. The molecule has 96 valence electrons. The van der Waals surface area contributed by atoms with Crippen molar-refractivity contribution in [2.24, 2.45) is 0 Å². The van der Waals surface area contributed by atoms with Crippen molar-refractivity contribution in [1.82, 2.24) is 20.3 Å². The van der Waals surface area contributed by atoms with Gasteiger partial charge in [-0.25, -0.2) is 0 Å². The quantitative estimate of drug-likeness (QED) is 0.827. The predicted molar refractivity (Wildman–Crippen MR) is 62.7 cm³/mol. The molecule has 0 N–H and O–H groups in total. The van der Waals surface area contributed by atoms with E-state index in [-0.39, 0.29) is 6.04 Å². The van der Waals surface area contributed by atoms with Gasteiger partial charge in [0.15, 0.2) is 5.76 Å². The molecule has 6 nitrogen and oxygen atoms in total. The van der Waals surface area contributed by atoms with Gasteiger partial charge in [0.1, 0.15) is 0 Å². The van der Waals surface area contributed by atoms with Gasteiger partial charge < -0.3 is 8.94 Å². The zero-order valence-corrected chi connectivity index (χ0v) is 10.6. The number of aromatic nitrogens is 3. The van der Waals surface area contributed by atoms with Crippen molar-refractivity contribution < 1.29 is 8.94 Å². The third-order valence-corrected chi connectivity index (χ3v) is 3.24. The van der Waals surface area contributed by atoms with E-state index in [0.29, 0.717) is 18.3 Å². The molecule has 0 aliphatic carbocycles. The zero-order chi connectivity index (χ0) is 12.5. The number of likely N-dealkylation sites (tertiary alicyclic amines) is 1. The van der Waals surface area contributed by atoms with Crippen LogP contribution in [0.1, 0.15) is 42.1 Å². The highest BCUT2D eigenvalue weighted by atomic mass is 16.5. The number of hydrogen-bond acceptors (Lipinski definition) is 6. The molecule has 3 heterocycles. The van der Waals surface area contributed by atoms with E-state index >= 15 is 0 Å². The number of aryl methyl sites for hydroxylation is 2. The van der Waals surface area contributed by atoms with Gasteiger partial charge in [0.05, 0.1) is 18.3 Å². The highest BCUT2D eigenvalue weighted by Gasteiger charge is 2.30. The minimum absolute atomic E-state index is 0.276. The van der Waals surface area contributed by atoms with Gasteiger partial charge in [-0.2, -0.15) is 0 Å². The van der Waals surface area contributed by atoms with Crippen molar-refractivity contribution >= 4 is 0 Å². The SMILES string of the molecule is Cc1cc([C@@H]2CCCN2Cc2nnc(C)o2)on1. The summed E-state index contributed by atoms with van der Waals surface area (Å²) >= 11 is 0. The molecule has 1 aliphatic heterocycles. The van der Waals surface area contributed by atoms with Crippen molar-refractivity contribution in [3.8, 4) is 0 Å². The molecule has 3 rings (SSSR count). The number of rotatable bonds is 3. The Morgan fingerprint density at radius 1 is 1.39 bits per heavy atom. The Balaban J connectivity index is 1.75. The van der Waals surface area contributed by atoms with Gasteiger partial charge >= 0.3 is 0 Å². The molecule has 1 fully saturated rings. The van der Waals surface area contributed by atoms with Crippen LogP contribution in [-0.2, 0) is 6.54 Å². The maximum Gasteiger partial charge on any atom is 0.230 e. The van der Waals surface area contributed by atoms with Crippen LogP contribution >= 0.6 is 0 Å². The molecule has 0 aromatic carbocycles. The first-order chi connectivity index (χ1) is 8.72. The van der Waals surface area contributed by atoms with E-state index in [4.69, 9.17) is 8.94 Å². The van der Waals surface area contributed by atoms with Gasteiger partial charge in [0.2, 0.25) is 11.8 Å². The topological polar surface area (TPSA) is 68.2 Å². The second kappa shape index (κ2) is 4.53. The minimum Gasteiger partial charge on any atom is -0.424 e. The molecule has 0 saturated carbocycles. The fraction of sp³-hybridized carbons (Fsp3) is 0.583. The van der Waals surface area contributed by atoms with Crippen molar-refractivity contribution in [2.45, 2.75) is 39.3 Å². The van der Waals surface area contributed by atoms with Gasteiger partial charge in [-0.1, -0.05) is 5.16 Å². The molecule has 1 atom stereocenters. The Morgan fingerprint density at radius 2 is 2.28 bits per heavy atom. The summed E-state index contributed by atoms with van der Waals surface area (Å²) in [5, 5.41) is 11.8. The van der Waals surface area contributed by atoms with Crippen LogP contribution in [-0.4, -0.2) is 26.8 Å². The lowest BCUT2D eigenvalue weighted by Gasteiger charge is -2.19. The molecule has 1 saturated heterocycles. The van der Waals surface area contributed by atoms with E-state index in [0.717, 1.165) is 30.8 Å². The predicted octanol–water partition coefficient (Wildman–Crippen LogP) is 2.01. The molecule has 2 aromatic heterocycles. The molecule has 1 aliphatic rings. The average molecular weight is 248 g/mol. The first kappa shape index (κ1) is 11.4. The summed E-state index contributed by atoms with van der Waals surface area (Å²) in [7, 11) is 0. The summed E-state index contributed by atoms with van der Waals surface area (Å²) in [6.45, 7) is 5.43. The van der Waals surface area contributed by atoms with Crippen LogP contribution in [0, 0.1) is 13.8 Å². The van der Waals surface area contributed by atoms with Crippen LogP contribution < -0.4 is 0 Å². The average Bonchev–Trinajstić information content (AvgIpc) is 3.01. The van der Waals surface area contributed by atoms with Gasteiger partial charge in [-0.3, -0.25) is 4.90 Å². The Kier molecular flexibility index (Phi) is 2.87. The lowest BCUT2D eigenvalue weighted by atomic mass is 10.1. The van der Waals surface area contributed by atoms with Crippen LogP contribution in [0.25, 0.3) is 0 Å². The smallest absolute Gasteiger partial charge is 0.230 e. The Morgan fingerprint density at radius 3 is 2.94 bits per heavy atom. The molecule has 0 unspecified atom stereocenters. The van der Waals surface area contributed by atoms with Gasteiger partial charge in [-0.05, 0) is 26.3 Å². The monoisotopic (exact) mass is 248 g/mol. The molecule has 0 spiro atoms. The van der Waals surface area contributed by atoms with Crippen LogP contribution in [0.2, 0.25) is 0 Å². The Bertz CT molecular complexity index is 534. The van der Waals surface area contributed by atoms with Crippen molar-refractivity contribution in [3.05, 3.63) is 29.3 Å². The van der Waals surface area contributed by atoms with Crippen molar-refractivity contribution in [3.63, 3.8) is 0 Å². The summed E-state index contributed by atoms with van der Waals surface area (Å²) < 4.78 is 10.8.